The molecule has 4 N–H and O–H groups in total. The lowest BCUT2D eigenvalue weighted by molar-refractivity contribution is 1.42. The third-order valence-corrected chi connectivity index (χ3v) is 2.55. The third-order valence-electron chi connectivity index (χ3n) is 2.55. The number of rotatable bonds is 2. The molecular formula is C12H16N4O. The number of aryl methyl sites for hydroxylation is 1. The van der Waals surface area contributed by atoms with Gasteiger partial charge >= 0.3 is 0 Å². The summed E-state index contributed by atoms with van der Waals surface area (Å²) >= 11 is 0. The topological polar surface area (TPSA) is 83.3 Å². The molecule has 5 nitrogen and oxygen atoms in total. The highest BCUT2D eigenvalue weighted by molar-refractivity contribution is 6.05. The highest BCUT2D eigenvalue weighted by Crippen LogP contribution is 2.38. The zero-order valence-corrected chi connectivity index (χ0v) is 10.0. The van der Waals surface area contributed by atoms with Crippen LogP contribution in [0.15, 0.2) is 30.6 Å². The second kappa shape index (κ2) is 5.16. The molecule has 0 fully saturated rings. The van der Waals surface area contributed by atoms with Gasteiger partial charge in [-0.3, -0.25) is 0 Å². The fourth-order valence-electron chi connectivity index (χ4n) is 1.72. The van der Waals surface area contributed by atoms with Crippen LogP contribution in [-0.2, 0) is 0 Å². The number of anilines is 2. The molecule has 2 rings (SSSR count). The summed E-state index contributed by atoms with van der Waals surface area (Å²) in [5, 5.41) is 6.74. The van der Waals surface area contributed by atoms with Gasteiger partial charge in [-0.25, -0.2) is 0 Å². The zero-order valence-electron chi connectivity index (χ0n) is 10.0. The Morgan fingerprint density at radius 1 is 1.47 bits per heavy atom. The van der Waals surface area contributed by atoms with E-state index in [9.17, 15) is 4.91 Å². The summed E-state index contributed by atoms with van der Waals surface area (Å²) in [6, 6.07) is 1.90. The van der Waals surface area contributed by atoms with Crippen molar-refractivity contribution in [1.29, 1.82) is 0 Å². The predicted molar refractivity (Wildman–Crippen MR) is 73.7 cm³/mol. The Balaban J connectivity index is 0.000000686. The molecule has 5 heteroatoms. The van der Waals surface area contributed by atoms with Crippen molar-refractivity contribution >= 4 is 28.0 Å². The molecule has 0 bridgehead atoms. The van der Waals surface area contributed by atoms with Gasteiger partial charge in [0, 0.05) is 13.2 Å². The largest absolute Gasteiger partial charge is 0.397 e. The first-order chi connectivity index (χ1) is 8.19. The van der Waals surface area contributed by atoms with E-state index in [0.717, 1.165) is 22.2 Å². The number of hydrogen-bond acceptors (Lipinski definition) is 4. The minimum Gasteiger partial charge on any atom is -0.397 e. The van der Waals surface area contributed by atoms with Crippen LogP contribution in [0.4, 0.5) is 17.1 Å². The molecule has 17 heavy (non-hydrogen) atoms. The quantitative estimate of drug-likeness (QED) is 0.422. The van der Waals surface area contributed by atoms with Gasteiger partial charge in [-0.2, -0.15) is 0 Å². The van der Waals surface area contributed by atoms with Crippen molar-refractivity contribution in [3.8, 4) is 0 Å². The van der Waals surface area contributed by atoms with E-state index in [1.807, 2.05) is 13.0 Å². The average molecular weight is 232 g/mol. The molecule has 0 unspecified atom stereocenters. The van der Waals surface area contributed by atoms with Crippen molar-refractivity contribution < 1.29 is 0 Å². The van der Waals surface area contributed by atoms with Gasteiger partial charge in [0.2, 0.25) is 0 Å². The van der Waals surface area contributed by atoms with Crippen LogP contribution < -0.4 is 11.1 Å². The van der Waals surface area contributed by atoms with E-state index >= 15 is 0 Å². The average Bonchev–Trinajstić information content (AvgIpc) is 2.76. The molecule has 0 saturated heterocycles. The highest BCUT2D eigenvalue weighted by atomic mass is 16.3. The Morgan fingerprint density at radius 3 is 2.65 bits per heavy atom. The summed E-state index contributed by atoms with van der Waals surface area (Å²) in [4.78, 5) is 13.9. The first kappa shape index (κ1) is 12.8. The molecule has 0 saturated carbocycles. The van der Waals surface area contributed by atoms with Crippen LogP contribution in [0, 0.1) is 11.8 Å². The number of H-pyrrole nitrogens is 1. The predicted octanol–water partition coefficient (Wildman–Crippen LogP) is 3.30. The molecule has 0 radical (unpaired) electrons. The van der Waals surface area contributed by atoms with E-state index in [4.69, 9.17) is 5.73 Å². The van der Waals surface area contributed by atoms with E-state index in [0.29, 0.717) is 11.4 Å². The van der Waals surface area contributed by atoms with Crippen LogP contribution in [0.5, 0.6) is 0 Å². The molecule has 90 valence electrons. The second-order valence-electron chi connectivity index (χ2n) is 3.42. The Bertz CT molecular complexity index is 545. The van der Waals surface area contributed by atoms with E-state index in [1.54, 1.807) is 13.2 Å². The lowest BCUT2D eigenvalue weighted by Gasteiger charge is -2.05. The molecule has 0 aliphatic heterocycles. The molecular weight excluding hydrogens is 216 g/mol. The van der Waals surface area contributed by atoms with Crippen molar-refractivity contribution in [2.24, 2.45) is 5.18 Å². The highest BCUT2D eigenvalue weighted by Gasteiger charge is 2.13. The van der Waals surface area contributed by atoms with Crippen molar-refractivity contribution in [1.82, 2.24) is 4.98 Å². The van der Waals surface area contributed by atoms with Gasteiger partial charge in [-0.05, 0) is 23.7 Å². The number of aromatic nitrogens is 1. The van der Waals surface area contributed by atoms with Gasteiger partial charge in [-0.1, -0.05) is 0 Å². The van der Waals surface area contributed by atoms with Crippen molar-refractivity contribution in [3.63, 3.8) is 0 Å². The lowest BCUT2D eigenvalue weighted by atomic mass is 10.1. The van der Waals surface area contributed by atoms with E-state index in [2.05, 4.69) is 28.6 Å². The second-order valence-corrected chi connectivity index (χ2v) is 3.42. The third kappa shape index (κ3) is 1.99. The van der Waals surface area contributed by atoms with Crippen molar-refractivity contribution in [2.75, 3.05) is 18.1 Å². The standard InChI is InChI=1S/C10H12N4O.C2H4/c1-5-3-6-8(7(12-2)4-13-6)10(14-15)9(5)11;1-2/h3-4,12-13H,11H2,1-2H3;1-2H2. The maximum atomic E-state index is 10.8. The van der Waals surface area contributed by atoms with Crippen molar-refractivity contribution in [2.45, 2.75) is 6.92 Å². The SMILES string of the molecule is C=C.CNc1c[nH]c2cc(C)c(N)c(N=O)c12. The minimum atomic E-state index is 0.301. The summed E-state index contributed by atoms with van der Waals surface area (Å²) in [5.41, 5.74) is 9.08. The Kier molecular flexibility index (Phi) is 3.87. The van der Waals surface area contributed by atoms with Gasteiger partial charge in [-0.15, -0.1) is 18.1 Å². The number of nitrogen functional groups attached to an aromatic ring is 1. The van der Waals surface area contributed by atoms with Gasteiger partial charge < -0.3 is 16.0 Å². The molecule has 1 heterocycles. The maximum Gasteiger partial charge on any atom is 0.142 e. The Labute approximate surface area is 99.7 Å². The molecule has 2 aromatic rings. The molecule has 0 amide bonds. The zero-order chi connectivity index (χ0) is 13.0. The van der Waals surface area contributed by atoms with Gasteiger partial charge in [0.1, 0.15) is 5.69 Å². The molecule has 1 aromatic carbocycles. The summed E-state index contributed by atoms with van der Waals surface area (Å²) in [5.74, 6) is 0. The first-order valence-electron chi connectivity index (χ1n) is 5.10. The van der Waals surface area contributed by atoms with Crippen LogP contribution in [0.1, 0.15) is 5.56 Å². The summed E-state index contributed by atoms with van der Waals surface area (Å²) < 4.78 is 0. The Hall–Kier alpha value is -2.30. The number of nitrogens with two attached hydrogens (primary N) is 1. The maximum absolute atomic E-state index is 10.8. The molecule has 0 aliphatic carbocycles. The number of hydrogen-bond donors (Lipinski definition) is 3. The number of benzene rings is 1. The fourth-order valence-corrected chi connectivity index (χ4v) is 1.72. The van der Waals surface area contributed by atoms with Crippen LogP contribution in [-0.4, -0.2) is 12.0 Å². The van der Waals surface area contributed by atoms with Crippen LogP contribution in [0.2, 0.25) is 0 Å². The monoisotopic (exact) mass is 232 g/mol. The normalized spacial score (nSPS) is 9.53. The van der Waals surface area contributed by atoms with Gasteiger partial charge in [0.05, 0.1) is 22.3 Å². The van der Waals surface area contributed by atoms with Crippen LogP contribution >= 0.6 is 0 Å². The van der Waals surface area contributed by atoms with E-state index in [1.165, 1.54) is 0 Å². The lowest BCUT2D eigenvalue weighted by Crippen LogP contribution is -1.92. The number of nitroso groups, excluding NO2 is 1. The summed E-state index contributed by atoms with van der Waals surface area (Å²) in [7, 11) is 1.78. The smallest absolute Gasteiger partial charge is 0.142 e. The summed E-state index contributed by atoms with van der Waals surface area (Å²) in [6.07, 6.45) is 1.79. The number of nitrogens with one attached hydrogen (secondary N) is 2. The van der Waals surface area contributed by atoms with E-state index < -0.39 is 0 Å². The molecule has 1 aromatic heterocycles. The summed E-state index contributed by atoms with van der Waals surface area (Å²) in [6.45, 7) is 7.85. The fraction of sp³-hybridized carbons (Fsp3) is 0.167. The molecule has 0 atom stereocenters. The number of fused-ring (bicyclic) bond motifs is 1. The Morgan fingerprint density at radius 2 is 2.12 bits per heavy atom. The van der Waals surface area contributed by atoms with E-state index in [-0.39, 0.29) is 0 Å². The van der Waals surface area contributed by atoms with Crippen LogP contribution in [0.3, 0.4) is 0 Å². The molecule has 0 spiro atoms. The van der Waals surface area contributed by atoms with Gasteiger partial charge in [0.15, 0.2) is 0 Å². The van der Waals surface area contributed by atoms with Gasteiger partial charge in [0.25, 0.3) is 0 Å². The first-order valence-corrected chi connectivity index (χ1v) is 5.10. The van der Waals surface area contributed by atoms with Crippen LogP contribution in [0.25, 0.3) is 10.9 Å². The molecule has 0 aliphatic rings. The number of aromatic amines is 1. The van der Waals surface area contributed by atoms with Crippen molar-refractivity contribution in [3.05, 3.63) is 35.9 Å². The number of nitrogens with zero attached hydrogens (tertiary/aromatic N) is 1. The minimum absolute atomic E-state index is 0.301.